The fourth-order valence-electron chi connectivity index (χ4n) is 4.90. The Morgan fingerprint density at radius 1 is 0.865 bits per heavy atom. The minimum absolute atomic E-state index is 0.153. The quantitative estimate of drug-likeness (QED) is 0.102. The summed E-state index contributed by atoms with van der Waals surface area (Å²) >= 11 is 0. The zero-order valence-electron chi connectivity index (χ0n) is 22.6. The zero-order chi connectivity index (χ0) is 26.3. The molecule has 7 heteroatoms. The first kappa shape index (κ1) is 28.9. The maximum Gasteiger partial charge on any atom is 0.519 e. The molecule has 0 N–H and O–H groups in total. The highest BCUT2D eigenvalue weighted by Crippen LogP contribution is 2.37. The predicted molar refractivity (Wildman–Crippen MR) is 143 cm³/mol. The van der Waals surface area contributed by atoms with Gasteiger partial charge in [0.05, 0.1) is 12.8 Å². The van der Waals surface area contributed by atoms with Crippen molar-refractivity contribution in [1.82, 2.24) is 9.97 Å². The molecular weight excluding hydrogens is 471 g/mol. The van der Waals surface area contributed by atoms with Crippen LogP contribution in [0.15, 0.2) is 30.5 Å². The van der Waals surface area contributed by atoms with E-state index in [-0.39, 0.29) is 17.4 Å². The van der Waals surface area contributed by atoms with E-state index in [0.717, 1.165) is 44.4 Å². The van der Waals surface area contributed by atoms with Crippen LogP contribution in [0.2, 0.25) is 0 Å². The van der Waals surface area contributed by atoms with E-state index in [1.165, 1.54) is 57.6 Å². The van der Waals surface area contributed by atoms with Crippen molar-refractivity contribution in [3.05, 3.63) is 42.2 Å². The molecule has 1 fully saturated rings. The molecule has 6 nitrogen and oxygen atoms in total. The third kappa shape index (κ3) is 10.3. The van der Waals surface area contributed by atoms with Crippen LogP contribution in [-0.4, -0.2) is 22.7 Å². The van der Waals surface area contributed by atoms with Gasteiger partial charge in [0.15, 0.2) is 0 Å². The highest BCUT2D eigenvalue weighted by atomic mass is 19.1. The first-order chi connectivity index (χ1) is 18.1. The Balaban J connectivity index is 1.39. The van der Waals surface area contributed by atoms with E-state index in [1.54, 1.807) is 24.3 Å². The molecule has 3 rings (SSSR count). The third-order valence-electron chi connectivity index (χ3n) is 7.14. The van der Waals surface area contributed by atoms with Crippen molar-refractivity contribution in [2.75, 3.05) is 6.61 Å². The summed E-state index contributed by atoms with van der Waals surface area (Å²) in [5.74, 6) is 1.21. The number of carbonyl (C=O) groups is 1. The molecule has 0 atom stereocenters. The molecule has 0 spiro atoms. The van der Waals surface area contributed by atoms with Crippen LogP contribution in [0.25, 0.3) is 0 Å². The summed E-state index contributed by atoms with van der Waals surface area (Å²) in [7, 11) is 0. The van der Waals surface area contributed by atoms with Gasteiger partial charge in [0.2, 0.25) is 5.75 Å². The van der Waals surface area contributed by atoms with Crippen molar-refractivity contribution in [3.8, 4) is 17.2 Å². The molecule has 37 heavy (non-hydrogen) atoms. The van der Waals surface area contributed by atoms with Crippen molar-refractivity contribution in [3.63, 3.8) is 0 Å². The van der Waals surface area contributed by atoms with Crippen molar-refractivity contribution < 1.29 is 23.4 Å². The summed E-state index contributed by atoms with van der Waals surface area (Å²) < 4.78 is 30.5. The summed E-state index contributed by atoms with van der Waals surface area (Å²) in [6.07, 6.45) is 16.7. The number of hydrogen-bond acceptors (Lipinski definition) is 6. The second kappa shape index (κ2) is 16.2. The number of ether oxygens (including phenoxy) is 3. The number of halogens is 1. The normalized spacial score (nSPS) is 17.4. The molecule has 0 radical (unpaired) electrons. The van der Waals surface area contributed by atoms with Crippen LogP contribution in [0, 0.1) is 11.9 Å². The van der Waals surface area contributed by atoms with Gasteiger partial charge in [-0.3, -0.25) is 0 Å². The van der Waals surface area contributed by atoms with Crippen molar-refractivity contribution >= 4 is 6.16 Å². The molecule has 0 saturated heterocycles. The van der Waals surface area contributed by atoms with Crippen LogP contribution >= 0.6 is 0 Å². The van der Waals surface area contributed by atoms with Gasteiger partial charge in [-0.25, -0.2) is 14.8 Å². The molecule has 1 aliphatic carbocycles. The van der Waals surface area contributed by atoms with Crippen molar-refractivity contribution in [2.24, 2.45) is 5.92 Å². The number of carbonyl (C=O) groups excluding carboxylic acids is 1. The van der Waals surface area contributed by atoms with Gasteiger partial charge in [0.25, 0.3) is 5.95 Å². The largest absolute Gasteiger partial charge is 0.519 e. The van der Waals surface area contributed by atoms with Crippen molar-refractivity contribution in [1.29, 1.82) is 0 Å². The van der Waals surface area contributed by atoms with E-state index < -0.39 is 12.1 Å². The third-order valence-corrected chi connectivity index (χ3v) is 7.14. The molecule has 2 aromatic rings. The first-order valence-corrected chi connectivity index (χ1v) is 14.2. The fourth-order valence-corrected chi connectivity index (χ4v) is 4.90. The van der Waals surface area contributed by atoms with Crippen molar-refractivity contribution in [2.45, 2.75) is 110 Å². The molecule has 0 amide bonds. The number of unbranched alkanes of at least 4 members (excludes halogenated alkanes) is 7. The standard InChI is InChI=1S/C30H43FN2O4/c1-3-5-7-8-9-11-21-35-25-17-19-26(20-18-25)36-30(34)37-27-22-32-29(33-28(27)31)24-15-13-23(14-16-24)12-10-6-4-2/h17-20,22-24H,3-16,21H2,1-2H3/t23-,24-. The van der Waals surface area contributed by atoms with E-state index in [2.05, 4.69) is 23.8 Å². The SMILES string of the molecule is CCCCCCCCOc1ccc(OC(=O)Oc2cnc([C@H]3CC[C@H](CCCCC)CC3)nc2F)cc1. The Morgan fingerprint density at radius 3 is 2.22 bits per heavy atom. The van der Waals surface area contributed by atoms with Gasteiger partial charge in [-0.15, -0.1) is 0 Å². The van der Waals surface area contributed by atoms with Crippen LogP contribution < -0.4 is 14.2 Å². The fraction of sp³-hybridized carbons (Fsp3) is 0.633. The lowest BCUT2D eigenvalue weighted by Gasteiger charge is -2.27. The molecule has 0 unspecified atom stereocenters. The Kier molecular flexibility index (Phi) is 12.6. The van der Waals surface area contributed by atoms with E-state index in [0.29, 0.717) is 18.2 Å². The topological polar surface area (TPSA) is 70.5 Å². The number of rotatable bonds is 15. The number of nitrogens with zero attached hydrogens (tertiary/aromatic N) is 2. The molecule has 1 aromatic carbocycles. The Morgan fingerprint density at radius 2 is 1.51 bits per heavy atom. The maximum absolute atomic E-state index is 14.6. The lowest BCUT2D eigenvalue weighted by Crippen LogP contribution is -2.18. The van der Waals surface area contributed by atoms with Crippen LogP contribution in [0.4, 0.5) is 9.18 Å². The molecule has 204 valence electrons. The second-order valence-electron chi connectivity index (χ2n) is 10.1. The van der Waals surface area contributed by atoms with Crippen LogP contribution in [-0.2, 0) is 0 Å². The molecule has 1 saturated carbocycles. The van der Waals surface area contributed by atoms with Gasteiger partial charge in [-0.2, -0.15) is 4.39 Å². The summed E-state index contributed by atoms with van der Waals surface area (Å²) in [4.78, 5) is 20.5. The first-order valence-electron chi connectivity index (χ1n) is 14.2. The average Bonchev–Trinajstić information content (AvgIpc) is 2.91. The Labute approximate surface area is 221 Å². The molecular formula is C30H43FN2O4. The molecule has 0 aliphatic heterocycles. The van der Waals surface area contributed by atoms with Gasteiger partial charge in [-0.1, -0.05) is 71.6 Å². The number of hydrogen-bond donors (Lipinski definition) is 0. The summed E-state index contributed by atoms with van der Waals surface area (Å²) in [6.45, 7) is 5.09. The minimum atomic E-state index is -1.04. The smallest absolute Gasteiger partial charge is 0.494 e. The lowest BCUT2D eigenvalue weighted by molar-refractivity contribution is 0.149. The number of benzene rings is 1. The van der Waals surface area contributed by atoms with Gasteiger partial charge < -0.3 is 14.2 Å². The number of aromatic nitrogens is 2. The average molecular weight is 515 g/mol. The maximum atomic E-state index is 14.6. The van der Waals surface area contributed by atoms with Gasteiger partial charge >= 0.3 is 6.16 Å². The van der Waals surface area contributed by atoms with E-state index in [1.807, 2.05) is 0 Å². The monoisotopic (exact) mass is 514 g/mol. The highest BCUT2D eigenvalue weighted by molar-refractivity contribution is 5.66. The van der Waals surface area contributed by atoms with E-state index in [9.17, 15) is 9.18 Å². The highest BCUT2D eigenvalue weighted by Gasteiger charge is 2.25. The summed E-state index contributed by atoms with van der Waals surface area (Å²) in [5.41, 5.74) is 0. The Hall–Kier alpha value is -2.70. The van der Waals surface area contributed by atoms with Gasteiger partial charge in [0, 0.05) is 5.92 Å². The predicted octanol–water partition coefficient (Wildman–Crippen LogP) is 8.79. The molecule has 1 aromatic heterocycles. The van der Waals surface area contributed by atoms with Gasteiger partial charge in [-0.05, 0) is 62.3 Å². The van der Waals surface area contributed by atoms with E-state index in [4.69, 9.17) is 14.2 Å². The lowest BCUT2D eigenvalue weighted by atomic mass is 9.79. The summed E-state index contributed by atoms with van der Waals surface area (Å²) in [5, 5.41) is 0. The van der Waals surface area contributed by atoms with Crippen LogP contribution in [0.1, 0.15) is 115 Å². The molecule has 1 aliphatic rings. The molecule has 0 bridgehead atoms. The second-order valence-corrected chi connectivity index (χ2v) is 10.1. The Bertz CT molecular complexity index is 930. The zero-order valence-corrected chi connectivity index (χ0v) is 22.6. The van der Waals surface area contributed by atoms with E-state index >= 15 is 0 Å². The van der Waals surface area contributed by atoms with Crippen LogP contribution in [0.3, 0.4) is 0 Å². The molecule has 1 heterocycles. The van der Waals surface area contributed by atoms with Gasteiger partial charge in [0.1, 0.15) is 17.3 Å². The van der Waals surface area contributed by atoms with Crippen LogP contribution in [0.5, 0.6) is 17.2 Å². The summed E-state index contributed by atoms with van der Waals surface area (Å²) in [6, 6.07) is 6.70. The minimum Gasteiger partial charge on any atom is -0.494 e.